The fourth-order valence-corrected chi connectivity index (χ4v) is 5.62. The lowest BCUT2D eigenvalue weighted by molar-refractivity contribution is 0.106. The van der Waals surface area contributed by atoms with Crippen molar-refractivity contribution in [2.75, 3.05) is 27.9 Å². The first-order chi connectivity index (χ1) is 22.0. The average molecular weight is 625 g/mol. The van der Waals surface area contributed by atoms with Gasteiger partial charge in [0.05, 0.1) is 32.4 Å². The smallest absolute Gasteiger partial charge is 0.253 e. The zero-order valence-corrected chi connectivity index (χ0v) is 28.0. The van der Waals surface area contributed by atoms with Crippen LogP contribution in [0.2, 0.25) is 0 Å². The Bertz CT molecular complexity index is 1840. The minimum absolute atomic E-state index is 0.209. The van der Waals surface area contributed by atoms with E-state index >= 15 is 0 Å². The van der Waals surface area contributed by atoms with E-state index in [2.05, 4.69) is 72.2 Å². The lowest BCUT2D eigenvalue weighted by Crippen LogP contribution is -2.44. The van der Waals surface area contributed by atoms with Crippen LogP contribution in [0.4, 0.5) is 0 Å². The Morgan fingerprint density at radius 1 is 0.891 bits per heavy atom. The number of hydrogen-bond donors (Lipinski definition) is 1. The van der Waals surface area contributed by atoms with Crippen molar-refractivity contribution in [3.05, 3.63) is 106 Å². The van der Waals surface area contributed by atoms with Gasteiger partial charge in [-0.25, -0.2) is 4.68 Å². The number of benzene rings is 3. The molecule has 0 aliphatic carbocycles. The first kappa shape index (κ1) is 32.7. The summed E-state index contributed by atoms with van der Waals surface area (Å²) in [4.78, 5) is 19.5. The maximum atomic E-state index is 14.1. The van der Waals surface area contributed by atoms with Crippen molar-refractivity contribution in [1.82, 2.24) is 30.1 Å². The minimum atomic E-state index is -0.619. The molecule has 2 heterocycles. The molecule has 10 nitrogen and oxygen atoms in total. The zero-order valence-electron chi connectivity index (χ0n) is 28.0. The summed E-state index contributed by atoms with van der Waals surface area (Å²) in [7, 11) is 4.88. The molecule has 1 unspecified atom stereocenters. The Morgan fingerprint density at radius 3 is 2.33 bits per heavy atom. The summed E-state index contributed by atoms with van der Waals surface area (Å²) < 4.78 is 18.8. The third kappa shape index (κ3) is 6.48. The third-order valence-corrected chi connectivity index (χ3v) is 9.23. The molecule has 0 radical (unpaired) electrons. The molecule has 0 aliphatic heterocycles. The molecule has 0 saturated carbocycles. The molecular formula is C36H44N6O4. The number of para-hydroxylation sites is 1. The van der Waals surface area contributed by atoms with Crippen molar-refractivity contribution in [3.63, 3.8) is 0 Å². The van der Waals surface area contributed by atoms with Crippen molar-refractivity contribution in [2.24, 2.45) is 5.41 Å². The second-order valence-corrected chi connectivity index (χ2v) is 13.0. The summed E-state index contributed by atoms with van der Waals surface area (Å²) >= 11 is 0. The highest BCUT2D eigenvalue weighted by molar-refractivity contribution is 5.80. The van der Waals surface area contributed by atoms with Gasteiger partial charge in [0.2, 0.25) is 0 Å². The normalized spacial score (nSPS) is 12.8. The number of pyridine rings is 1. The molecule has 0 aliphatic rings. The van der Waals surface area contributed by atoms with Crippen LogP contribution >= 0.6 is 0 Å². The van der Waals surface area contributed by atoms with E-state index < -0.39 is 11.6 Å². The SMILES string of the molecule is COc1ccc2cc(C(c3nnnn3C(C)(C)C(C)(C)C)N(CCc3ccccc3)Cc3cccc(OC)c3OC)c(=O)[nH]c2c1. The Morgan fingerprint density at radius 2 is 1.65 bits per heavy atom. The van der Waals surface area contributed by atoms with Gasteiger partial charge in [-0.15, -0.1) is 5.10 Å². The number of H-pyrrole nitrogens is 1. The number of aromatic nitrogens is 5. The van der Waals surface area contributed by atoms with E-state index in [-0.39, 0.29) is 11.0 Å². The van der Waals surface area contributed by atoms with E-state index in [0.717, 1.165) is 17.4 Å². The highest BCUT2D eigenvalue weighted by atomic mass is 16.5. The van der Waals surface area contributed by atoms with Gasteiger partial charge in [0.15, 0.2) is 17.3 Å². The van der Waals surface area contributed by atoms with Crippen LogP contribution in [0.5, 0.6) is 17.2 Å². The molecule has 46 heavy (non-hydrogen) atoms. The van der Waals surface area contributed by atoms with E-state index in [4.69, 9.17) is 14.2 Å². The summed E-state index contributed by atoms with van der Waals surface area (Å²) in [5.41, 5.74) is 2.38. The number of tetrazole rings is 1. The number of methoxy groups -OCH3 is 3. The van der Waals surface area contributed by atoms with Crippen molar-refractivity contribution in [2.45, 2.75) is 59.2 Å². The first-order valence-electron chi connectivity index (χ1n) is 15.5. The number of nitrogens with zero attached hydrogens (tertiary/aromatic N) is 5. The molecular weight excluding hydrogens is 580 g/mol. The topological polar surface area (TPSA) is 107 Å². The summed E-state index contributed by atoms with van der Waals surface area (Å²) in [5, 5.41) is 14.3. The molecule has 0 fully saturated rings. The van der Waals surface area contributed by atoms with Crippen LogP contribution in [-0.2, 0) is 18.5 Å². The standard InChI is InChI=1S/C36H44N6O4/c1-35(2,3)36(4,5)42-33(38-39-40-42)31(28-21-25-17-18-27(44-6)22-29(25)37-34(28)43)41(20-19-24-13-10-9-11-14-24)23-26-15-12-16-30(45-7)32(26)46-8/h9-18,21-22,31H,19-20,23H2,1-8H3,(H,37,43). The first-order valence-corrected chi connectivity index (χ1v) is 15.5. The molecule has 1 atom stereocenters. The zero-order chi connectivity index (χ0) is 33.1. The highest BCUT2D eigenvalue weighted by Gasteiger charge is 2.41. The summed E-state index contributed by atoms with van der Waals surface area (Å²) in [5.74, 6) is 2.52. The number of aromatic amines is 1. The van der Waals surface area contributed by atoms with Gasteiger partial charge in [-0.2, -0.15) is 0 Å². The monoisotopic (exact) mass is 624 g/mol. The van der Waals surface area contributed by atoms with Crippen LogP contribution in [0.25, 0.3) is 10.9 Å². The molecule has 0 bridgehead atoms. The van der Waals surface area contributed by atoms with E-state index in [1.165, 1.54) is 5.56 Å². The summed E-state index contributed by atoms with van der Waals surface area (Å²) in [6.45, 7) is 11.8. The molecule has 0 amide bonds. The van der Waals surface area contributed by atoms with E-state index in [1.54, 1.807) is 21.3 Å². The predicted molar refractivity (Wildman–Crippen MR) is 180 cm³/mol. The van der Waals surface area contributed by atoms with Crippen molar-refractivity contribution >= 4 is 10.9 Å². The van der Waals surface area contributed by atoms with Gasteiger partial charge in [0, 0.05) is 30.3 Å². The van der Waals surface area contributed by atoms with Crippen LogP contribution in [0, 0.1) is 5.41 Å². The molecule has 242 valence electrons. The number of rotatable bonds is 12. The van der Waals surface area contributed by atoms with Crippen LogP contribution in [0.1, 0.15) is 63.2 Å². The lowest BCUT2D eigenvalue weighted by Gasteiger charge is -2.40. The van der Waals surface area contributed by atoms with Crippen LogP contribution in [0.3, 0.4) is 0 Å². The predicted octanol–water partition coefficient (Wildman–Crippen LogP) is 6.16. The summed E-state index contributed by atoms with van der Waals surface area (Å²) in [6, 6.07) is 23.2. The fraction of sp³-hybridized carbons (Fsp3) is 0.389. The maximum Gasteiger partial charge on any atom is 0.253 e. The molecule has 2 aromatic heterocycles. The van der Waals surface area contributed by atoms with E-state index in [0.29, 0.717) is 47.2 Å². The molecule has 0 spiro atoms. The Labute approximate surface area is 270 Å². The Kier molecular flexibility index (Phi) is 9.48. The fourth-order valence-electron chi connectivity index (χ4n) is 5.62. The van der Waals surface area contributed by atoms with Gasteiger partial charge in [0.25, 0.3) is 5.56 Å². The van der Waals surface area contributed by atoms with Crippen molar-refractivity contribution in [1.29, 1.82) is 0 Å². The average Bonchev–Trinajstić information content (AvgIpc) is 3.53. The van der Waals surface area contributed by atoms with E-state index in [9.17, 15) is 4.79 Å². The quantitative estimate of drug-likeness (QED) is 0.176. The third-order valence-electron chi connectivity index (χ3n) is 9.23. The van der Waals surface area contributed by atoms with Crippen LogP contribution in [-0.4, -0.2) is 58.0 Å². The highest BCUT2D eigenvalue weighted by Crippen LogP contribution is 2.40. The lowest BCUT2D eigenvalue weighted by atomic mass is 9.76. The Balaban J connectivity index is 1.75. The molecule has 3 aromatic carbocycles. The molecule has 5 rings (SSSR count). The number of fused-ring (bicyclic) bond motifs is 1. The van der Waals surface area contributed by atoms with Crippen LogP contribution < -0.4 is 19.8 Å². The maximum absolute atomic E-state index is 14.1. The van der Waals surface area contributed by atoms with Gasteiger partial charge >= 0.3 is 0 Å². The van der Waals surface area contributed by atoms with Gasteiger partial charge in [-0.05, 0) is 71.3 Å². The molecule has 1 N–H and O–H groups in total. The van der Waals surface area contributed by atoms with E-state index in [1.807, 2.05) is 65.3 Å². The van der Waals surface area contributed by atoms with Gasteiger partial charge in [-0.1, -0.05) is 63.2 Å². The second kappa shape index (κ2) is 13.3. The van der Waals surface area contributed by atoms with Crippen molar-refractivity contribution in [3.8, 4) is 17.2 Å². The second-order valence-electron chi connectivity index (χ2n) is 13.0. The molecule has 10 heteroatoms. The number of nitrogens with one attached hydrogen (secondary N) is 1. The summed E-state index contributed by atoms with van der Waals surface area (Å²) in [6.07, 6.45) is 0.733. The number of hydrogen-bond acceptors (Lipinski definition) is 8. The minimum Gasteiger partial charge on any atom is -0.497 e. The van der Waals surface area contributed by atoms with Gasteiger partial charge in [0.1, 0.15) is 11.8 Å². The molecule has 5 aromatic rings. The number of ether oxygens (including phenoxy) is 3. The Hall–Kier alpha value is -4.70. The van der Waals surface area contributed by atoms with Gasteiger partial charge in [-0.3, -0.25) is 9.69 Å². The van der Waals surface area contributed by atoms with Gasteiger partial charge < -0.3 is 19.2 Å². The molecule has 0 saturated heterocycles. The largest absolute Gasteiger partial charge is 0.497 e. The van der Waals surface area contributed by atoms with Crippen molar-refractivity contribution < 1.29 is 14.2 Å². The van der Waals surface area contributed by atoms with Crippen LogP contribution in [0.15, 0.2) is 77.6 Å².